The van der Waals surface area contributed by atoms with E-state index in [0.717, 1.165) is 20.3 Å². The van der Waals surface area contributed by atoms with Crippen LogP contribution in [0.25, 0.3) is 20.3 Å². The minimum Gasteiger partial charge on any atom is -0.252 e. The van der Waals surface area contributed by atoms with Crippen molar-refractivity contribution in [3.8, 4) is 20.3 Å². The summed E-state index contributed by atoms with van der Waals surface area (Å²) in [5, 5.41) is 0.987. The summed E-state index contributed by atoms with van der Waals surface area (Å²) in [5.74, 6) is 0. The van der Waals surface area contributed by atoms with Crippen molar-refractivity contribution in [2.75, 3.05) is 0 Å². The molecule has 16 heavy (non-hydrogen) atoms. The summed E-state index contributed by atoms with van der Waals surface area (Å²) in [7, 11) is 0. The monoisotopic (exact) mass is 243 g/mol. The van der Waals surface area contributed by atoms with Gasteiger partial charge >= 0.3 is 0 Å². The van der Waals surface area contributed by atoms with Crippen molar-refractivity contribution < 1.29 is 0 Å². The molecule has 0 unspecified atom stereocenters. The third kappa shape index (κ3) is 1.77. The van der Waals surface area contributed by atoms with E-state index in [0.29, 0.717) is 0 Å². The minimum absolute atomic E-state index is 0.987. The summed E-state index contributed by atoms with van der Waals surface area (Å²) in [6.07, 6.45) is 4.90. The molecule has 0 bridgehead atoms. The van der Waals surface area contributed by atoms with Crippen LogP contribution >= 0.6 is 22.7 Å². The summed E-state index contributed by atoms with van der Waals surface area (Å²) in [6, 6.07) is 10.2. The van der Waals surface area contributed by atoms with Gasteiger partial charge in [0.1, 0.15) is 11.2 Å². The van der Waals surface area contributed by atoms with Crippen molar-refractivity contribution >= 4 is 22.7 Å². The average Bonchev–Trinajstić information content (AvgIpc) is 3.01. The van der Waals surface area contributed by atoms with E-state index >= 15 is 0 Å². The van der Waals surface area contributed by atoms with Gasteiger partial charge in [-0.3, -0.25) is 4.98 Å². The van der Waals surface area contributed by atoms with E-state index in [9.17, 15) is 0 Å². The quantitative estimate of drug-likeness (QED) is 0.685. The van der Waals surface area contributed by atoms with Gasteiger partial charge in [0.05, 0.1) is 15.3 Å². The molecule has 0 aliphatic carbocycles. The lowest BCUT2D eigenvalue weighted by Crippen LogP contribution is -1.68. The molecule has 3 aromatic rings. The number of nitrogens with zero attached hydrogens (tertiary/aromatic N) is 2. The molecule has 4 heteroatoms. The highest BCUT2D eigenvalue weighted by Gasteiger charge is 2.07. The molecule has 77 valence electrons. The highest BCUT2D eigenvalue weighted by atomic mass is 32.1. The Morgan fingerprint density at radius 1 is 1.12 bits per heavy atom. The first kappa shape index (κ1) is 9.69. The van der Waals surface area contributed by atoms with Gasteiger partial charge in [0, 0.05) is 6.20 Å². The van der Waals surface area contributed by atoms with Crippen LogP contribution in [0.15, 0.2) is 42.0 Å². The molecule has 2 nitrogen and oxygen atoms in total. The van der Waals surface area contributed by atoms with Crippen LogP contribution in [0.5, 0.6) is 0 Å². The van der Waals surface area contributed by atoms with E-state index in [2.05, 4.69) is 28.3 Å². The molecule has 0 fully saturated rings. The predicted molar refractivity (Wildman–Crippen MR) is 67.5 cm³/mol. The zero-order valence-electron chi connectivity index (χ0n) is 8.25. The Morgan fingerprint density at radius 2 is 2.00 bits per heavy atom. The maximum atomic E-state index is 4.30. The standard InChI is InChI=1S/C12H7N2S2/c1-2-4-9(5-3-1)10-7-14-12(16-10)11-6-13-8-15-11/h1-6,8H. The van der Waals surface area contributed by atoms with E-state index < -0.39 is 0 Å². The summed E-state index contributed by atoms with van der Waals surface area (Å²) in [6.45, 7) is 0. The number of hydrogen-bond donors (Lipinski definition) is 0. The summed E-state index contributed by atoms with van der Waals surface area (Å²) >= 11 is 3.25. The Kier molecular flexibility index (Phi) is 2.52. The second-order valence-electron chi connectivity index (χ2n) is 3.19. The fourth-order valence-electron chi connectivity index (χ4n) is 1.38. The molecule has 0 saturated carbocycles. The van der Waals surface area contributed by atoms with Gasteiger partial charge in [-0.1, -0.05) is 30.3 Å². The molecule has 0 N–H and O–H groups in total. The topological polar surface area (TPSA) is 25.8 Å². The number of rotatable bonds is 2. The number of thiazole rings is 2. The number of aromatic nitrogens is 2. The van der Waals surface area contributed by atoms with Gasteiger partial charge in [-0.25, -0.2) is 4.98 Å². The lowest BCUT2D eigenvalue weighted by molar-refractivity contribution is 1.38. The van der Waals surface area contributed by atoms with Crippen molar-refractivity contribution in [1.29, 1.82) is 0 Å². The van der Waals surface area contributed by atoms with Crippen LogP contribution in [0, 0.1) is 6.20 Å². The number of benzene rings is 1. The second kappa shape index (κ2) is 4.15. The zero-order valence-corrected chi connectivity index (χ0v) is 9.89. The van der Waals surface area contributed by atoms with E-state index in [1.807, 2.05) is 29.9 Å². The van der Waals surface area contributed by atoms with Gasteiger partial charge in [0.25, 0.3) is 0 Å². The first-order valence-corrected chi connectivity index (χ1v) is 6.46. The van der Waals surface area contributed by atoms with Crippen LogP contribution < -0.4 is 0 Å². The van der Waals surface area contributed by atoms with Crippen LogP contribution in [-0.4, -0.2) is 9.97 Å². The van der Waals surface area contributed by atoms with E-state index in [1.54, 1.807) is 22.7 Å². The summed E-state index contributed by atoms with van der Waals surface area (Å²) in [5.41, 5.74) is 2.98. The lowest BCUT2D eigenvalue weighted by Gasteiger charge is -1.92. The van der Waals surface area contributed by atoms with Crippen LogP contribution in [0.4, 0.5) is 0 Å². The molecule has 3 rings (SSSR count). The van der Waals surface area contributed by atoms with Gasteiger partial charge in [0.2, 0.25) is 0 Å². The third-order valence-corrected chi connectivity index (χ3v) is 4.08. The Balaban J connectivity index is 2.00. The van der Waals surface area contributed by atoms with Crippen LogP contribution in [0.3, 0.4) is 0 Å². The fraction of sp³-hybridized carbons (Fsp3) is 0. The average molecular weight is 243 g/mol. The largest absolute Gasteiger partial charge is 0.252 e. The molecular formula is C12H7N2S2. The maximum absolute atomic E-state index is 4.30. The molecule has 0 aliphatic rings. The van der Waals surface area contributed by atoms with E-state index in [4.69, 9.17) is 0 Å². The third-order valence-electron chi connectivity index (χ3n) is 2.14. The Hall–Kier alpha value is -1.52. The fourth-order valence-corrected chi connectivity index (χ4v) is 2.94. The SMILES string of the molecule is [c]1nc(-c2cncs2)sc1-c1ccccc1. The first-order valence-electron chi connectivity index (χ1n) is 4.76. The molecule has 2 heterocycles. The highest BCUT2D eigenvalue weighted by molar-refractivity contribution is 7.22. The summed E-state index contributed by atoms with van der Waals surface area (Å²) < 4.78 is 0. The van der Waals surface area contributed by atoms with Gasteiger partial charge in [0.15, 0.2) is 0 Å². The highest BCUT2D eigenvalue weighted by Crippen LogP contribution is 2.32. The smallest absolute Gasteiger partial charge is 0.136 e. The van der Waals surface area contributed by atoms with Crippen LogP contribution in [-0.2, 0) is 0 Å². The van der Waals surface area contributed by atoms with Crippen molar-refractivity contribution in [1.82, 2.24) is 9.97 Å². The molecule has 0 atom stereocenters. The maximum Gasteiger partial charge on any atom is 0.136 e. The van der Waals surface area contributed by atoms with E-state index in [-0.39, 0.29) is 0 Å². The van der Waals surface area contributed by atoms with Crippen LogP contribution in [0.1, 0.15) is 0 Å². The summed E-state index contributed by atoms with van der Waals surface area (Å²) in [4.78, 5) is 10.5. The predicted octanol–water partition coefficient (Wildman–Crippen LogP) is 3.73. The van der Waals surface area contributed by atoms with E-state index in [1.165, 1.54) is 0 Å². The molecular weight excluding hydrogens is 236 g/mol. The Bertz CT molecular complexity index is 570. The number of hydrogen-bond acceptors (Lipinski definition) is 4. The normalized spacial score (nSPS) is 10.5. The molecule has 1 aromatic carbocycles. The van der Waals surface area contributed by atoms with Crippen molar-refractivity contribution in [3.05, 3.63) is 48.2 Å². The van der Waals surface area contributed by atoms with Crippen LogP contribution in [0.2, 0.25) is 0 Å². The van der Waals surface area contributed by atoms with Gasteiger partial charge < -0.3 is 0 Å². The van der Waals surface area contributed by atoms with Crippen molar-refractivity contribution in [3.63, 3.8) is 0 Å². The second-order valence-corrected chi connectivity index (χ2v) is 5.08. The Labute approximate surface area is 101 Å². The Morgan fingerprint density at radius 3 is 2.75 bits per heavy atom. The molecule has 0 amide bonds. The van der Waals surface area contributed by atoms with Gasteiger partial charge in [-0.2, -0.15) is 0 Å². The lowest BCUT2D eigenvalue weighted by atomic mass is 10.2. The molecule has 0 saturated heterocycles. The molecule has 1 radical (unpaired) electrons. The molecule has 0 spiro atoms. The van der Waals surface area contributed by atoms with Gasteiger partial charge in [-0.15, -0.1) is 22.7 Å². The minimum atomic E-state index is 0.987. The molecule has 2 aromatic heterocycles. The first-order chi connectivity index (χ1) is 7.93. The van der Waals surface area contributed by atoms with Crippen molar-refractivity contribution in [2.24, 2.45) is 0 Å². The zero-order chi connectivity index (χ0) is 10.8. The van der Waals surface area contributed by atoms with Gasteiger partial charge in [-0.05, 0) is 5.56 Å². The molecule has 0 aliphatic heterocycles. The van der Waals surface area contributed by atoms with Crippen molar-refractivity contribution in [2.45, 2.75) is 0 Å².